The summed E-state index contributed by atoms with van der Waals surface area (Å²) in [4.78, 5) is 46.1. The molecule has 1 saturated heterocycles. The van der Waals surface area contributed by atoms with Gasteiger partial charge in [0.1, 0.15) is 29.8 Å². The number of nitrogens with zero attached hydrogens (tertiary/aromatic N) is 2. The fraction of sp³-hybridized carbons (Fsp3) is 0.545. The van der Waals surface area contributed by atoms with Crippen LogP contribution in [0.4, 0.5) is 8.78 Å². The number of nitrogens with one attached hydrogen (secondary N) is 1. The molecule has 3 unspecified atom stereocenters. The third-order valence-corrected chi connectivity index (χ3v) is 8.13. The summed E-state index contributed by atoms with van der Waals surface area (Å²) < 4.78 is 29.3. The van der Waals surface area contributed by atoms with Gasteiger partial charge in [-0.1, -0.05) is 58.0 Å². The molecule has 222 valence electrons. The van der Waals surface area contributed by atoms with E-state index in [0.29, 0.717) is 31.7 Å². The van der Waals surface area contributed by atoms with Gasteiger partial charge < -0.3 is 15.1 Å². The summed E-state index contributed by atoms with van der Waals surface area (Å²) in [5.41, 5.74) is 2.18. The summed E-state index contributed by atoms with van der Waals surface area (Å²) in [6.45, 7) is 12.0. The van der Waals surface area contributed by atoms with Crippen LogP contribution in [0.25, 0.3) is 0 Å². The molecule has 6 nitrogen and oxygen atoms in total. The number of carbonyl (C=O) groups excluding carboxylic acids is 3. The van der Waals surface area contributed by atoms with Crippen LogP contribution in [0.5, 0.6) is 0 Å². The molecule has 1 aliphatic heterocycles. The number of fused-ring (bicyclic) bond motifs is 1. The minimum absolute atomic E-state index is 0.0189. The van der Waals surface area contributed by atoms with Gasteiger partial charge in [-0.15, -0.1) is 0 Å². The SMILES string of the molecule is CC(C)CCN1C(=O)C(CC(C)C)N(C(C(=O)NC(C)C)c2ccc(F)cc2F)C(=O)C1C1Cc2ccccc2C1. The molecule has 0 radical (unpaired) electrons. The van der Waals surface area contributed by atoms with Gasteiger partial charge in [0.05, 0.1) is 0 Å². The van der Waals surface area contributed by atoms with Crippen molar-refractivity contribution in [3.8, 4) is 0 Å². The lowest BCUT2D eigenvalue weighted by Gasteiger charge is -2.50. The van der Waals surface area contributed by atoms with E-state index in [-0.39, 0.29) is 35.3 Å². The van der Waals surface area contributed by atoms with Crippen LogP contribution in [0.15, 0.2) is 42.5 Å². The van der Waals surface area contributed by atoms with Crippen LogP contribution in [0, 0.1) is 29.4 Å². The molecule has 0 bridgehead atoms. The Hall–Kier alpha value is -3.29. The topological polar surface area (TPSA) is 69.7 Å². The van der Waals surface area contributed by atoms with Crippen LogP contribution in [-0.2, 0) is 27.2 Å². The van der Waals surface area contributed by atoms with E-state index < -0.39 is 35.7 Å². The Balaban J connectivity index is 1.86. The predicted octanol–water partition coefficient (Wildman–Crippen LogP) is 5.45. The van der Waals surface area contributed by atoms with Crippen molar-refractivity contribution in [3.63, 3.8) is 0 Å². The lowest BCUT2D eigenvalue weighted by molar-refractivity contribution is -0.170. The van der Waals surface area contributed by atoms with Crippen LogP contribution < -0.4 is 5.32 Å². The van der Waals surface area contributed by atoms with Crippen molar-refractivity contribution in [2.75, 3.05) is 6.54 Å². The van der Waals surface area contributed by atoms with Gasteiger partial charge in [-0.25, -0.2) is 8.78 Å². The monoisotopic (exact) mass is 567 g/mol. The van der Waals surface area contributed by atoms with Crippen LogP contribution in [0.3, 0.4) is 0 Å². The van der Waals surface area contributed by atoms with Crippen LogP contribution in [-0.4, -0.2) is 52.2 Å². The second-order valence-electron chi connectivity index (χ2n) is 12.7. The number of hydrogen-bond donors (Lipinski definition) is 1. The molecule has 3 atom stereocenters. The second-order valence-corrected chi connectivity index (χ2v) is 12.7. The summed E-state index contributed by atoms with van der Waals surface area (Å²) in [5.74, 6) is -2.71. The minimum Gasteiger partial charge on any atom is -0.352 e. The van der Waals surface area contributed by atoms with Crippen LogP contribution in [0.1, 0.15) is 77.1 Å². The number of rotatable bonds is 10. The van der Waals surface area contributed by atoms with Crippen molar-refractivity contribution in [1.29, 1.82) is 0 Å². The van der Waals surface area contributed by atoms with Crippen molar-refractivity contribution in [3.05, 3.63) is 70.8 Å². The first-order valence-corrected chi connectivity index (χ1v) is 14.8. The quantitative estimate of drug-likeness (QED) is 0.415. The number of benzene rings is 2. The molecule has 2 aromatic rings. The van der Waals surface area contributed by atoms with E-state index in [4.69, 9.17) is 0 Å². The van der Waals surface area contributed by atoms with Gasteiger partial charge in [0.2, 0.25) is 17.7 Å². The lowest BCUT2D eigenvalue weighted by Crippen LogP contribution is -2.68. The Morgan fingerprint density at radius 1 is 0.927 bits per heavy atom. The van der Waals surface area contributed by atoms with Gasteiger partial charge in [-0.05, 0) is 74.5 Å². The molecule has 0 saturated carbocycles. The molecule has 1 fully saturated rings. The highest BCUT2D eigenvalue weighted by Gasteiger charge is 2.53. The first-order valence-electron chi connectivity index (χ1n) is 14.8. The Morgan fingerprint density at radius 3 is 2.10 bits per heavy atom. The molecule has 2 aromatic carbocycles. The first-order chi connectivity index (χ1) is 19.4. The number of piperazine rings is 1. The molecular formula is C33H43F2N3O3. The van der Waals surface area contributed by atoms with Crippen molar-refractivity contribution < 1.29 is 23.2 Å². The maximum absolute atomic E-state index is 15.4. The minimum atomic E-state index is -1.42. The third-order valence-electron chi connectivity index (χ3n) is 8.13. The van der Waals surface area contributed by atoms with Crippen molar-refractivity contribution in [2.45, 2.75) is 91.4 Å². The highest BCUT2D eigenvalue weighted by Crippen LogP contribution is 2.39. The number of hydrogen-bond acceptors (Lipinski definition) is 3. The van der Waals surface area contributed by atoms with Crippen molar-refractivity contribution >= 4 is 17.7 Å². The molecule has 1 heterocycles. The molecule has 1 N–H and O–H groups in total. The van der Waals surface area contributed by atoms with E-state index in [2.05, 4.69) is 31.3 Å². The predicted molar refractivity (Wildman–Crippen MR) is 155 cm³/mol. The molecule has 2 aliphatic rings. The molecule has 41 heavy (non-hydrogen) atoms. The number of halogens is 2. The number of amides is 3. The molecule has 1 aliphatic carbocycles. The Bertz CT molecular complexity index is 1250. The van der Waals surface area contributed by atoms with Gasteiger partial charge >= 0.3 is 0 Å². The molecule has 0 spiro atoms. The van der Waals surface area contributed by atoms with Crippen LogP contribution in [0.2, 0.25) is 0 Å². The fourth-order valence-electron chi connectivity index (χ4n) is 6.28. The summed E-state index contributed by atoms with van der Waals surface area (Å²) in [6, 6.07) is 7.60. The van der Waals surface area contributed by atoms with E-state index >= 15 is 4.39 Å². The number of carbonyl (C=O) groups is 3. The van der Waals surface area contributed by atoms with Crippen molar-refractivity contribution in [2.24, 2.45) is 17.8 Å². The van der Waals surface area contributed by atoms with Gasteiger partial charge in [-0.3, -0.25) is 14.4 Å². The average Bonchev–Trinajstić information content (AvgIpc) is 3.31. The Labute approximate surface area is 242 Å². The van der Waals surface area contributed by atoms with Gasteiger partial charge in [-0.2, -0.15) is 0 Å². The normalized spacial score (nSPS) is 20.4. The maximum Gasteiger partial charge on any atom is 0.247 e. The summed E-state index contributed by atoms with van der Waals surface area (Å²) in [7, 11) is 0. The highest BCUT2D eigenvalue weighted by molar-refractivity contribution is 6.00. The molecule has 8 heteroatoms. The van der Waals surface area contributed by atoms with E-state index in [1.165, 1.54) is 11.0 Å². The van der Waals surface area contributed by atoms with Crippen molar-refractivity contribution in [1.82, 2.24) is 15.1 Å². The lowest BCUT2D eigenvalue weighted by atomic mass is 9.85. The van der Waals surface area contributed by atoms with Crippen LogP contribution >= 0.6 is 0 Å². The fourth-order valence-corrected chi connectivity index (χ4v) is 6.28. The summed E-state index contributed by atoms with van der Waals surface area (Å²) in [5, 5.41) is 2.82. The molecule has 3 amide bonds. The summed E-state index contributed by atoms with van der Waals surface area (Å²) >= 11 is 0. The molecule has 0 aromatic heterocycles. The highest BCUT2D eigenvalue weighted by atomic mass is 19.1. The smallest absolute Gasteiger partial charge is 0.247 e. The van der Waals surface area contributed by atoms with E-state index in [0.717, 1.165) is 29.7 Å². The van der Waals surface area contributed by atoms with Gasteiger partial charge in [0.15, 0.2) is 0 Å². The zero-order valence-corrected chi connectivity index (χ0v) is 25.0. The first kappa shape index (κ1) is 30.7. The van der Waals surface area contributed by atoms with Gasteiger partial charge in [0.25, 0.3) is 0 Å². The molecule has 4 rings (SSSR count). The second kappa shape index (κ2) is 12.7. The standard InChI is InChI=1S/C33H43F2N3O3/c1-19(2)13-14-37-29(24-16-22-9-7-8-10-23(22)17-24)33(41)38(28(32(37)40)15-20(3)4)30(31(39)36-21(5)6)26-12-11-25(34)18-27(26)35/h7-12,18-21,24,28-30H,13-17H2,1-6H3,(H,36,39). The van der Waals surface area contributed by atoms with E-state index in [1.807, 2.05) is 26.0 Å². The van der Waals surface area contributed by atoms with Gasteiger partial charge in [0, 0.05) is 24.2 Å². The molecular weight excluding hydrogens is 524 g/mol. The zero-order valence-electron chi connectivity index (χ0n) is 25.0. The summed E-state index contributed by atoms with van der Waals surface area (Å²) in [6.07, 6.45) is 2.31. The average molecular weight is 568 g/mol. The zero-order chi connectivity index (χ0) is 30.0. The largest absolute Gasteiger partial charge is 0.352 e. The maximum atomic E-state index is 15.4. The Morgan fingerprint density at radius 2 is 1.56 bits per heavy atom. The van der Waals surface area contributed by atoms with E-state index in [9.17, 15) is 18.8 Å². The Kier molecular flexibility index (Phi) is 9.50. The van der Waals surface area contributed by atoms with E-state index in [1.54, 1.807) is 18.7 Å². The third kappa shape index (κ3) is 6.62.